The van der Waals surface area contributed by atoms with E-state index in [1.165, 1.54) is 11.1 Å². The van der Waals surface area contributed by atoms with Crippen LogP contribution in [0.5, 0.6) is 0 Å². The molecule has 2 aliphatic rings. The predicted octanol–water partition coefficient (Wildman–Crippen LogP) is 1.51. The Morgan fingerprint density at radius 2 is 2.30 bits per heavy atom. The SMILES string of the molecule is C[C@@H]1CNCCN1C(=O)C[C@@H]1OCCc2ccccc21. The van der Waals surface area contributed by atoms with Crippen molar-refractivity contribution >= 4 is 5.91 Å². The number of ether oxygens (including phenoxy) is 1. The lowest BCUT2D eigenvalue weighted by atomic mass is 9.95. The van der Waals surface area contributed by atoms with E-state index < -0.39 is 0 Å². The third kappa shape index (κ3) is 2.72. The van der Waals surface area contributed by atoms with Gasteiger partial charge >= 0.3 is 0 Å². The molecular formula is C16H22N2O2. The molecule has 0 spiro atoms. The molecule has 3 rings (SSSR count). The Morgan fingerprint density at radius 3 is 3.15 bits per heavy atom. The van der Waals surface area contributed by atoms with E-state index in [0.29, 0.717) is 13.0 Å². The topological polar surface area (TPSA) is 41.6 Å². The minimum absolute atomic E-state index is 0.0745. The lowest BCUT2D eigenvalue weighted by molar-refractivity contribution is -0.137. The van der Waals surface area contributed by atoms with E-state index in [4.69, 9.17) is 4.74 Å². The summed E-state index contributed by atoms with van der Waals surface area (Å²) in [7, 11) is 0. The fourth-order valence-electron chi connectivity index (χ4n) is 3.13. The molecule has 0 radical (unpaired) electrons. The highest BCUT2D eigenvalue weighted by Crippen LogP contribution is 2.30. The van der Waals surface area contributed by atoms with Gasteiger partial charge in [0.05, 0.1) is 19.1 Å². The van der Waals surface area contributed by atoms with Crippen molar-refractivity contribution in [2.24, 2.45) is 0 Å². The molecule has 0 unspecified atom stereocenters. The Kier molecular flexibility index (Phi) is 4.03. The Labute approximate surface area is 120 Å². The number of rotatable bonds is 2. The Hall–Kier alpha value is -1.39. The van der Waals surface area contributed by atoms with Gasteiger partial charge in [-0.05, 0) is 24.5 Å². The average Bonchev–Trinajstić information content (AvgIpc) is 2.48. The van der Waals surface area contributed by atoms with Crippen LogP contribution in [0, 0.1) is 0 Å². The molecule has 1 aromatic carbocycles. The van der Waals surface area contributed by atoms with Gasteiger partial charge in [-0.2, -0.15) is 0 Å². The first kappa shape index (κ1) is 13.6. The number of carbonyl (C=O) groups is 1. The Morgan fingerprint density at radius 1 is 1.45 bits per heavy atom. The van der Waals surface area contributed by atoms with E-state index in [2.05, 4.69) is 30.4 Å². The number of nitrogens with one attached hydrogen (secondary N) is 1. The number of carbonyl (C=O) groups excluding carboxylic acids is 1. The summed E-state index contributed by atoms with van der Waals surface area (Å²) in [6, 6.07) is 8.59. The number of benzene rings is 1. The molecule has 4 nitrogen and oxygen atoms in total. The quantitative estimate of drug-likeness (QED) is 0.889. The van der Waals surface area contributed by atoms with E-state index in [9.17, 15) is 4.79 Å². The van der Waals surface area contributed by atoms with E-state index >= 15 is 0 Å². The minimum atomic E-state index is -0.0745. The number of fused-ring (bicyclic) bond motifs is 1. The van der Waals surface area contributed by atoms with Gasteiger partial charge in [0, 0.05) is 25.7 Å². The molecule has 1 fully saturated rings. The zero-order valence-corrected chi connectivity index (χ0v) is 12.0. The number of piperazine rings is 1. The third-order valence-corrected chi connectivity index (χ3v) is 4.27. The summed E-state index contributed by atoms with van der Waals surface area (Å²) in [6.45, 7) is 5.38. The van der Waals surface area contributed by atoms with Crippen LogP contribution in [-0.2, 0) is 16.0 Å². The molecular weight excluding hydrogens is 252 g/mol. The molecule has 0 saturated carbocycles. The van der Waals surface area contributed by atoms with Gasteiger partial charge in [0.2, 0.25) is 5.91 Å². The zero-order valence-electron chi connectivity index (χ0n) is 12.0. The maximum atomic E-state index is 12.5. The van der Waals surface area contributed by atoms with Crippen LogP contribution in [-0.4, -0.2) is 43.1 Å². The van der Waals surface area contributed by atoms with Gasteiger partial charge < -0.3 is 15.0 Å². The van der Waals surface area contributed by atoms with E-state index in [-0.39, 0.29) is 18.1 Å². The monoisotopic (exact) mass is 274 g/mol. The van der Waals surface area contributed by atoms with Crippen LogP contribution >= 0.6 is 0 Å². The maximum absolute atomic E-state index is 12.5. The smallest absolute Gasteiger partial charge is 0.225 e. The fourth-order valence-corrected chi connectivity index (χ4v) is 3.13. The van der Waals surface area contributed by atoms with Crippen LogP contribution in [0.25, 0.3) is 0 Å². The van der Waals surface area contributed by atoms with Crippen molar-refractivity contribution in [2.75, 3.05) is 26.2 Å². The lowest BCUT2D eigenvalue weighted by Crippen LogP contribution is -2.52. The van der Waals surface area contributed by atoms with Gasteiger partial charge in [-0.3, -0.25) is 4.79 Å². The molecule has 2 heterocycles. The van der Waals surface area contributed by atoms with Crippen molar-refractivity contribution < 1.29 is 9.53 Å². The van der Waals surface area contributed by atoms with Gasteiger partial charge in [0.1, 0.15) is 0 Å². The van der Waals surface area contributed by atoms with Crippen molar-refractivity contribution in [1.82, 2.24) is 10.2 Å². The summed E-state index contributed by atoms with van der Waals surface area (Å²) in [5.41, 5.74) is 2.51. The maximum Gasteiger partial charge on any atom is 0.225 e. The normalized spacial score (nSPS) is 26.1. The standard InChI is InChI=1S/C16H22N2O2/c1-12-11-17-7-8-18(12)16(19)10-15-14-5-3-2-4-13(14)6-9-20-15/h2-5,12,15,17H,6-11H2,1H3/t12-,15+/m1/s1. The van der Waals surface area contributed by atoms with E-state index in [0.717, 1.165) is 26.1 Å². The molecule has 20 heavy (non-hydrogen) atoms. The van der Waals surface area contributed by atoms with Crippen molar-refractivity contribution in [3.63, 3.8) is 0 Å². The largest absolute Gasteiger partial charge is 0.373 e. The lowest BCUT2D eigenvalue weighted by Gasteiger charge is -2.35. The molecule has 0 aliphatic carbocycles. The molecule has 0 aromatic heterocycles. The Balaban J connectivity index is 1.70. The van der Waals surface area contributed by atoms with E-state index in [1.54, 1.807) is 0 Å². The highest BCUT2D eigenvalue weighted by Gasteiger charge is 2.28. The molecule has 0 bridgehead atoms. The number of nitrogens with zero attached hydrogens (tertiary/aromatic N) is 1. The molecule has 2 aliphatic heterocycles. The number of amides is 1. The highest BCUT2D eigenvalue weighted by atomic mass is 16.5. The Bertz CT molecular complexity index is 489. The number of hydrogen-bond acceptors (Lipinski definition) is 3. The first-order valence-corrected chi connectivity index (χ1v) is 7.45. The minimum Gasteiger partial charge on any atom is -0.373 e. The molecule has 2 atom stereocenters. The molecule has 4 heteroatoms. The van der Waals surface area contributed by atoms with Crippen LogP contribution in [0.1, 0.15) is 30.6 Å². The van der Waals surface area contributed by atoms with Crippen LogP contribution in [0.3, 0.4) is 0 Å². The van der Waals surface area contributed by atoms with Crippen molar-refractivity contribution in [3.05, 3.63) is 35.4 Å². The van der Waals surface area contributed by atoms with Crippen LogP contribution < -0.4 is 5.32 Å². The highest BCUT2D eigenvalue weighted by molar-refractivity contribution is 5.77. The summed E-state index contributed by atoms with van der Waals surface area (Å²) in [5.74, 6) is 0.209. The van der Waals surface area contributed by atoms with Gasteiger partial charge in [0.25, 0.3) is 0 Å². The molecule has 1 aromatic rings. The van der Waals surface area contributed by atoms with Gasteiger partial charge in [-0.1, -0.05) is 24.3 Å². The summed E-state index contributed by atoms with van der Waals surface area (Å²) in [4.78, 5) is 14.5. The summed E-state index contributed by atoms with van der Waals surface area (Å²) in [5, 5.41) is 3.31. The molecule has 108 valence electrons. The van der Waals surface area contributed by atoms with Gasteiger partial charge in [-0.25, -0.2) is 0 Å². The average molecular weight is 274 g/mol. The molecule has 1 amide bonds. The molecule has 1 saturated heterocycles. The first-order chi connectivity index (χ1) is 9.75. The van der Waals surface area contributed by atoms with E-state index in [1.807, 2.05) is 11.0 Å². The second-order valence-electron chi connectivity index (χ2n) is 5.65. The fraction of sp³-hybridized carbons (Fsp3) is 0.562. The zero-order chi connectivity index (χ0) is 13.9. The van der Waals surface area contributed by atoms with Crippen LogP contribution in [0.4, 0.5) is 0 Å². The predicted molar refractivity (Wildman–Crippen MR) is 77.5 cm³/mol. The first-order valence-electron chi connectivity index (χ1n) is 7.45. The third-order valence-electron chi connectivity index (χ3n) is 4.27. The summed E-state index contributed by atoms with van der Waals surface area (Å²) < 4.78 is 5.84. The summed E-state index contributed by atoms with van der Waals surface area (Å²) in [6.07, 6.45) is 1.33. The second-order valence-corrected chi connectivity index (χ2v) is 5.65. The second kappa shape index (κ2) is 5.94. The number of hydrogen-bond donors (Lipinski definition) is 1. The van der Waals surface area contributed by atoms with Crippen LogP contribution in [0.15, 0.2) is 24.3 Å². The van der Waals surface area contributed by atoms with Crippen molar-refractivity contribution in [2.45, 2.75) is 31.9 Å². The van der Waals surface area contributed by atoms with Gasteiger partial charge in [0.15, 0.2) is 0 Å². The summed E-state index contributed by atoms with van der Waals surface area (Å²) >= 11 is 0. The molecule has 1 N–H and O–H groups in total. The van der Waals surface area contributed by atoms with Gasteiger partial charge in [-0.15, -0.1) is 0 Å². The van der Waals surface area contributed by atoms with Crippen molar-refractivity contribution in [3.8, 4) is 0 Å². The van der Waals surface area contributed by atoms with Crippen molar-refractivity contribution in [1.29, 1.82) is 0 Å². The van der Waals surface area contributed by atoms with Crippen LogP contribution in [0.2, 0.25) is 0 Å².